The number of aryl methyl sites for hydroxylation is 1. The van der Waals surface area contributed by atoms with Gasteiger partial charge in [-0.15, -0.1) is 0 Å². The van der Waals surface area contributed by atoms with Crippen LogP contribution >= 0.6 is 11.5 Å². The number of nitrogens with one attached hydrogen (secondary N) is 1. The third-order valence-electron chi connectivity index (χ3n) is 3.28. The topological polar surface area (TPSA) is 41.0 Å². The van der Waals surface area contributed by atoms with Crippen LogP contribution in [-0.2, 0) is 0 Å². The highest BCUT2D eigenvalue weighted by Crippen LogP contribution is 2.21. The molecule has 2 rings (SSSR count). The summed E-state index contributed by atoms with van der Waals surface area (Å²) in [5.74, 6) is 0.867. The lowest BCUT2D eigenvalue weighted by Crippen LogP contribution is -2.44. The van der Waals surface area contributed by atoms with E-state index in [0.29, 0.717) is 12.1 Å². The van der Waals surface area contributed by atoms with Gasteiger partial charge in [0, 0.05) is 30.2 Å². The lowest BCUT2D eigenvalue weighted by Gasteiger charge is -2.37. The lowest BCUT2D eigenvalue weighted by atomic mass is 9.98. The first-order valence-corrected chi connectivity index (χ1v) is 6.77. The van der Waals surface area contributed by atoms with Crippen LogP contribution in [0.4, 0.5) is 5.13 Å². The summed E-state index contributed by atoms with van der Waals surface area (Å²) in [5.41, 5.74) is 0. The van der Waals surface area contributed by atoms with Gasteiger partial charge in [-0.1, -0.05) is 6.92 Å². The van der Waals surface area contributed by atoms with Gasteiger partial charge in [0.25, 0.3) is 0 Å². The summed E-state index contributed by atoms with van der Waals surface area (Å²) in [5, 5.41) is 4.47. The standard InChI is InChI=1S/C11H20N4S/c1-4-15-6-5-10(7-8(15)2)13-11-12-9(3)14-16-11/h8,10H,4-7H2,1-3H3,(H,12,13,14)/t8-,10+/m1/s1. The normalized spacial score (nSPS) is 26.9. The van der Waals surface area contributed by atoms with Crippen LogP contribution in [0.15, 0.2) is 0 Å². The molecule has 90 valence electrons. The average Bonchev–Trinajstić information content (AvgIpc) is 2.64. The van der Waals surface area contributed by atoms with Gasteiger partial charge in [0.15, 0.2) is 0 Å². The van der Waals surface area contributed by atoms with Gasteiger partial charge in [0.05, 0.1) is 0 Å². The van der Waals surface area contributed by atoms with Gasteiger partial charge in [0.1, 0.15) is 5.82 Å². The van der Waals surface area contributed by atoms with E-state index in [1.807, 2.05) is 6.92 Å². The van der Waals surface area contributed by atoms with Crippen LogP contribution in [0.1, 0.15) is 32.5 Å². The monoisotopic (exact) mass is 240 g/mol. The molecule has 1 N–H and O–H groups in total. The van der Waals surface area contributed by atoms with Crippen LogP contribution in [0.3, 0.4) is 0 Å². The van der Waals surface area contributed by atoms with E-state index < -0.39 is 0 Å². The molecular weight excluding hydrogens is 220 g/mol. The quantitative estimate of drug-likeness (QED) is 0.879. The smallest absolute Gasteiger partial charge is 0.202 e. The molecule has 1 aliphatic heterocycles. The van der Waals surface area contributed by atoms with E-state index in [1.165, 1.54) is 30.9 Å². The van der Waals surface area contributed by atoms with E-state index in [-0.39, 0.29) is 0 Å². The minimum absolute atomic E-state index is 0.560. The minimum atomic E-state index is 0.560. The zero-order valence-electron chi connectivity index (χ0n) is 10.2. The van der Waals surface area contributed by atoms with Crippen molar-refractivity contribution in [2.75, 3.05) is 18.4 Å². The highest BCUT2D eigenvalue weighted by Gasteiger charge is 2.24. The van der Waals surface area contributed by atoms with E-state index in [1.54, 1.807) is 0 Å². The summed E-state index contributed by atoms with van der Waals surface area (Å²) in [4.78, 5) is 6.88. The van der Waals surface area contributed by atoms with Crippen molar-refractivity contribution in [1.29, 1.82) is 0 Å². The third-order valence-corrected chi connectivity index (χ3v) is 4.01. The molecule has 0 bridgehead atoms. The zero-order valence-corrected chi connectivity index (χ0v) is 11.0. The fraction of sp³-hybridized carbons (Fsp3) is 0.818. The summed E-state index contributed by atoms with van der Waals surface area (Å²) >= 11 is 1.47. The molecule has 16 heavy (non-hydrogen) atoms. The highest BCUT2D eigenvalue weighted by atomic mass is 32.1. The number of likely N-dealkylation sites (tertiary alicyclic amines) is 1. The van der Waals surface area contributed by atoms with E-state index in [4.69, 9.17) is 0 Å². The van der Waals surface area contributed by atoms with Gasteiger partial charge < -0.3 is 10.2 Å². The molecule has 1 saturated heterocycles. The summed E-state index contributed by atoms with van der Waals surface area (Å²) in [6.45, 7) is 8.82. The van der Waals surface area contributed by atoms with Crippen LogP contribution in [0.2, 0.25) is 0 Å². The number of piperidine rings is 1. The molecule has 4 nitrogen and oxygen atoms in total. The maximum absolute atomic E-state index is 4.35. The second-order valence-corrected chi connectivity index (χ2v) is 5.24. The van der Waals surface area contributed by atoms with Gasteiger partial charge >= 0.3 is 0 Å². The summed E-state index contributed by atoms with van der Waals surface area (Å²) in [6.07, 6.45) is 2.41. The molecule has 0 spiro atoms. The van der Waals surface area contributed by atoms with Crippen LogP contribution in [0.5, 0.6) is 0 Å². The molecule has 1 aliphatic rings. The predicted octanol–water partition coefficient (Wildman–Crippen LogP) is 2.13. The second kappa shape index (κ2) is 5.10. The van der Waals surface area contributed by atoms with Crippen molar-refractivity contribution >= 4 is 16.7 Å². The summed E-state index contributed by atoms with van der Waals surface area (Å²) in [7, 11) is 0. The van der Waals surface area contributed by atoms with Crippen molar-refractivity contribution in [2.24, 2.45) is 0 Å². The molecule has 0 unspecified atom stereocenters. The SMILES string of the molecule is CCN1CC[C@H](Nc2nc(C)ns2)C[C@H]1C. The molecule has 5 heteroatoms. The van der Waals surface area contributed by atoms with Gasteiger partial charge in [-0.3, -0.25) is 0 Å². The number of hydrogen-bond donors (Lipinski definition) is 1. The van der Waals surface area contributed by atoms with Gasteiger partial charge in [-0.2, -0.15) is 4.37 Å². The van der Waals surface area contributed by atoms with Gasteiger partial charge in [-0.25, -0.2) is 4.98 Å². The number of rotatable bonds is 3. The maximum atomic E-state index is 4.35. The highest BCUT2D eigenvalue weighted by molar-refractivity contribution is 7.09. The Kier molecular flexibility index (Phi) is 3.76. The number of hydrogen-bond acceptors (Lipinski definition) is 5. The molecule has 1 aromatic heterocycles. The van der Waals surface area contributed by atoms with E-state index >= 15 is 0 Å². The van der Waals surface area contributed by atoms with Crippen LogP contribution in [0.25, 0.3) is 0 Å². The van der Waals surface area contributed by atoms with Gasteiger partial charge in [0.2, 0.25) is 5.13 Å². The fourth-order valence-corrected chi connectivity index (χ4v) is 3.00. The zero-order chi connectivity index (χ0) is 11.5. The molecule has 0 radical (unpaired) electrons. The van der Waals surface area contributed by atoms with Crippen molar-refractivity contribution in [2.45, 2.75) is 45.7 Å². The largest absolute Gasteiger partial charge is 0.357 e. The first-order valence-electron chi connectivity index (χ1n) is 6.00. The fourth-order valence-electron chi connectivity index (χ4n) is 2.35. The lowest BCUT2D eigenvalue weighted by molar-refractivity contribution is 0.161. The average molecular weight is 240 g/mol. The summed E-state index contributed by atoms with van der Waals surface area (Å²) < 4.78 is 4.19. The Labute approximate surface area is 101 Å². The molecule has 2 atom stereocenters. The van der Waals surface area contributed by atoms with Crippen molar-refractivity contribution < 1.29 is 0 Å². The van der Waals surface area contributed by atoms with E-state index in [9.17, 15) is 0 Å². The van der Waals surface area contributed by atoms with E-state index in [0.717, 1.165) is 17.5 Å². The van der Waals surface area contributed by atoms with Crippen molar-refractivity contribution in [3.63, 3.8) is 0 Å². The van der Waals surface area contributed by atoms with Crippen molar-refractivity contribution in [3.05, 3.63) is 5.82 Å². The van der Waals surface area contributed by atoms with Crippen LogP contribution < -0.4 is 5.32 Å². The number of aromatic nitrogens is 2. The Morgan fingerprint density at radius 3 is 2.94 bits per heavy atom. The maximum Gasteiger partial charge on any atom is 0.202 e. The molecular formula is C11H20N4S. The summed E-state index contributed by atoms with van der Waals surface area (Å²) in [6, 6.07) is 1.23. The Morgan fingerprint density at radius 1 is 1.56 bits per heavy atom. The number of nitrogens with zero attached hydrogens (tertiary/aromatic N) is 3. The Balaban J connectivity index is 1.88. The van der Waals surface area contributed by atoms with Crippen molar-refractivity contribution in [3.8, 4) is 0 Å². The second-order valence-electron chi connectivity index (χ2n) is 4.49. The Bertz CT molecular complexity index is 338. The minimum Gasteiger partial charge on any atom is -0.357 e. The van der Waals surface area contributed by atoms with E-state index in [2.05, 4.69) is 33.4 Å². The molecule has 2 heterocycles. The Morgan fingerprint density at radius 2 is 2.38 bits per heavy atom. The van der Waals surface area contributed by atoms with Crippen LogP contribution in [0, 0.1) is 6.92 Å². The molecule has 0 saturated carbocycles. The predicted molar refractivity (Wildman–Crippen MR) is 68.0 cm³/mol. The third kappa shape index (κ3) is 2.71. The molecule has 1 fully saturated rings. The van der Waals surface area contributed by atoms with Gasteiger partial charge in [-0.05, 0) is 33.2 Å². The molecule has 0 aliphatic carbocycles. The Hall–Kier alpha value is -0.680. The number of anilines is 1. The molecule has 1 aromatic rings. The molecule has 0 aromatic carbocycles. The van der Waals surface area contributed by atoms with Crippen molar-refractivity contribution in [1.82, 2.24) is 14.3 Å². The first-order chi connectivity index (χ1) is 7.69. The van der Waals surface area contributed by atoms with Crippen LogP contribution in [-0.4, -0.2) is 39.4 Å². The first kappa shape index (κ1) is 11.8. The molecule has 0 amide bonds.